The highest BCUT2D eigenvalue weighted by Crippen LogP contribution is 2.38. The summed E-state index contributed by atoms with van der Waals surface area (Å²) in [5.74, 6) is 0.521. The molecule has 4 heteroatoms. The number of halogens is 2. The largest absolute Gasteiger partial charge is 0.330 e. The minimum atomic E-state index is 0.399. The maximum absolute atomic E-state index is 6.14. The maximum atomic E-state index is 6.14. The van der Waals surface area contributed by atoms with Gasteiger partial charge in [0.25, 0.3) is 0 Å². The SMILES string of the molecule is CC(C)N1CCCCC(CN)C1c1ccc(Cl)c(Br)c1. The van der Waals surface area contributed by atoms with Gasteiger partial charge in [0, 0.05) is 16.6 Å². The molecule has 112 valence electrons. The lowest BCUT2D eigenvalue weighted by molar-refractivity contribution is 0.121. The summed E-state index contributed by atoms with van der Waals surface area (Å²) in [7, 11) is 0. The lowest BCUT2D eigenvalue weighted by atomic mass is 9.88. The predicted octanol–water partition coefficient (Wildman–Crippen LogP) is 4.61. The van der Waals surface area contributed by atoms with Crippen LogP contribution in [0, 0.1) is 5.92 Å². The average Bonchev–Trinajstić information content (AvgIpc) is 2.64. The molecule has 0 spiro atoms. The normalized spacial score (nSPS) is 24.9. The maximum Gasteiger partial charge on any atom is 0.0548 e. The van der Waals surface area contributed by atoms with Crippen LogP contribution >= 0.6 is 27.5 Å². The molecule has 0 amide bonds. The van der Waals surface area contributed by atoms with Crippen molar-refractivity contribution in [1.82, 2.24) is 4.90 Å². The molecular formula is C16H24BrClN2. The van der Waals surface area contributed by atoms with Crippen molar-refractivity contribution in [3.05, 3.63) is 33.3 Å². The molecule has 1 heterocycles. The van der Waals surface area contributed by atoms with Crippen molar-refractivity contribution in [2.75, 3.05) is 13.1 Å². The van der Waals surface area contributed by atoms with Gasteiger partial charge in [0.05, 0.1) is 5.02 Å². The Labute approximate surface area is 135 Å². The number of rotatable bonds is 3. The first-order valence-electron chi connectivity index (χ1n) is 7.45. The summed E-state index contributed by atoms with van der Waals surface area (Å²) in [5.41, 5.74) is 7.39. The van der Waals surface area contributed by atoms with Crippen molar-refractivity contribution in [2.45, 2.75) is 45.2 Å². The zero-order valence-corrected chi connectivity index (χ0v) is 14.6. The average molecular weight is 360 g/mol. The predicted molar refractivity (Wildman–Crippen MR) is 90.1 cm³/mol. The molecular weight excluding hydrogens is 336 g/mol. The van der Waals surface area contributed by atoms with E-state index in [2.05, 4.69) is 46.8 Å². The second-order valence-electron chi connectivity index (χ2n) is 5.94. The van der Waals surface area contributed by atoms with E-state index in [1.54, 1.807) is 0 Å². The van der Waals surface area contributed by atoms with E-state index in [4.69, 9.17) is 17.3 Å². The van der Waals surface area contributed by atoms with Crippen LogP contribution in [0.1, 0.15) is 44.7 Å². The lowest BCUT2D eigenvalue weighted by Gasteiger charge is -2.38. The molecule has 0 radical (unpaired) electrons. The van der Waals surface area contributed by atoms with Gasteiger partial charge in [-0.15, -0.1) is 0 Å². The monoisotopic (exact) mass is 358 g/mol. The molecule has 1 fully saturated rings. The summed E-state index contributed by atoms with van der Waals surface area (Å²) in [4.78, 5) is 2.60. The van der Waals surface area contributed by atoms with Crippen molar-refractivity contribution < 1.29 is 0 Å². The number of nitrogens with zero attached hydrogens (tertiary/aromatic N) is 1. The van der Waals surface area contributed by atoms with Crippen LogP contribution in [0.15, 0.2) is 22.7 Å². The van der Waals surface area contributed by atoms with E-state index in [1.807, 2.05) is 6.07 Å². The van der Waals surface area contributed by atoms with Crippen LogP contribution in [-0.2, 0) is 0 Å². The quantitative estimate of drug-likeness (QED) is 0.853. The molecule has 2 N–H and O–H groups in total. The molecule has 1 aliphatic rings. The number of hydrogen-bond acceptors (Lipinski definition) is 2. The van der Waals surface area contributed by atoms with Gasteiger partial charge >= 0.3 is 0 Å². The van der Waals surface area contributed by atoms with E-state index in [9.17, 15) is 0 Å². The van der Waals surface area contributed by atoms with E-state index in [0.29, 0.717) is 18.0 Å². The molecule has 2 atom stereocenters. The van der Waals surface area contributed by atoms with Crippen LogP contribution in [0.5, 0.6) is 0 Å². The number of nitrogens with two attached hydrogens (primary N) is 1. The van der Waals surface area contributed by atoms with Crippen LogP contribution in [0.2, 0.25) is 5.02 Å². The van der Waals surface area contributed by atoms with Gasteiger partial charge in [0.2, 0.25) is 0 Å². The Balaban J connectivity index is 2.40. The highest BCUT2D eigenvalue weighted by Gasteiger charge is 2.31. The zero-order valence-electron chi connectivity index (χ0n) is 12.3. The summed E-state index contributed by atoms with van der Waals surface area (Å²) in [6, 6.07) is 7.23. The first kappa shape index (κ1) is 16.3. The minimum Gasteiger partial charge on any atom is -0.330 e. The Hall–Kier alpha value is -0.0900. The van der Waals surface area contributed by atoms with Crippen molar-refractivity contribution in [1.29, 1.82) is 0 Å². The third-order valence-electron chi connectivity index (χ3n) is 4.30. The minimum absolute atomic E-state index is 0.399. The molecule has 20 heavy (non-hydrogen) atoms. The van der Waals surface area contributed by atoms with E-state index < -0.39 is 0 Å². The number of likely N-dealkylation sites (tertiary alicyclic amines) is 1. The topological polar surface area (TPSA) is 29.3 Å². The van der Waals surface area contributed by atoms with Gasteiger partial charge in [-0.05, 0) is 79.3 Å². The van der Waals surface area contributed by atoms with Crippen LogP contribution in [0.25, 0.3) is 0 Å². The molecule has 2 unspecified atom stereocenters. The molecule has 1 saturated heterocycles. The molecule has 2 nitrogen and oxygen atoms in total. The van der Waals surface area contributed by atoms with Gasteiger partial charge < -0.3 is 5.73 Å². The third kappa shape index (κ3) is 3.56. The van der Waals surface area contributed by atoms with Gasteiger partial charge in [-0.3, -0.25) is 4.90 Å². The molecule has 1 aromatic rings. The van der Waals surface area contributed by atoms with Crippen molar-refractivity contribution >= 4 is 27.5 Å². The van der Waals surface area contributed by atoms with Crippen molar-refractivity contribution in [2.24, 2.45) is 11.7 Å². The van der Waals surface area contributed by atoms with Crippen molar-refractivity contribution in [3.8, 4) is 0 Å². The molecule has 0 aromatic heterocycles. The Kier molecular flexibility index (Phi) is 5.91. The van der Waals surface area contributed by atoms with Gasteiger partial charge in [-0.1, -0.05) is 24.1 Å². The highest BCUT2D eigenvalue weighted by atomic mass is 79.9. The fourth-order valence-corrected chi connectivity index (χ4v) is 3.77. The lowest BCUT2D eigenvalue weighted by Crippen LogP contribution is -2.39. The fourth-order valence-electron chi connectivity index (χ4n) is 3.25. The van der Waals surface area contributed by atoms with E-state index in [1.165, 1.54) is 24.8 Å². The third-order valence-corrected chi connectivity index (χ3v) is 5.51. The Morgan fingerprint density at radius 1 is 1.40 bits per heavy atom. The standard InChI is InChI=1S/C16H24BrClN2/c1-11(2)20-8-4-3-5-13(10-19)16(20)12-6-7-15(18)14(17)9-12/h6-7,9,11,13,16H,3-5,8,10,19H2,1-2H3. The van der Waals surface area contributed by atoms with Crippen LogP contribution in [0.4, 0.5) is 0 Å². The summed E-state index contributed by atoms with van der Waals surface area (Å²) < 4.78 is 0.973. The molecule has 0 bridgehead atoms. The van der Waals surface area contributed by atoms with Crippen LogP contribution < -0.4 is 5.73 Å². The first-order chi connectivity index (χ1) is 9.54. The Morgan fingerprint density at radius 2 is 2.15 bits per heavy atom. The Bertz CT molecular complexity index is 450. The number of benzene rings is 1. The first-order valence-corrected chi connectivity index (χ1v) is 8.62. The van der Waals surface area contributed by atoms with E-state index in [0.717, 1.165) is 22.6 Å². The van der Waals surface area contributed by atoms with Gasteiger partial charge in [0.15, 0.2) is 0 Å². The summed E-state index contributed by atoms with van der Waals surface area (Å²) >= 11 is 9.69. The second-order valence-corrected chi connectivity index (χ2v) is 7.20. The zero-order chi connectivity index (χ0) is 14.7. The fraction of sp³-hybridized carbons (Fsp3) is 0.625. The number of hydrogen-bond donors (Lipinski definition) is 1. The molecule has 2 rings (SSSR count). The van der Waals surface area contributed by atoms with E-state index >= 15 is 0 Å². The van der Waals surface area contributed by atoms with Gasteiger partial charge in [-0.25, -0.2) is 0 Å². The van der Waals surface area contributed by atoms with Gasteiger partial charge in [0.1, 0.15) is 0 Å². The second kappa shape index (κ2) is 7.26. The van der Waals surface area contributed by atoms with Crippen LogP contribution in [-0.4, -0.2) is 24.0 Å². The summed E-state index contributed by atoms with van der Waals surface area (Å²) in [5, 5.41) is 0.766. The summed E-state index contributed by atoms with van der Waals surface area (Å²) in [6.45, 7) is 6.45. The summed E-state index contributed by atoms with van der Waals surface area (Å²) in [6.07, 6.45) is 3.75. The van der Waals surface area contributed by atoms with E-state index in [-0.39, 0.29) is 0 Å². The molecule has 0 aliphatic carbocycles. The molecule has 1 aliphatic heterocycles. The smallest absolute Gasteiger partial charge is 0.0548 e. The molecule has 0 saturated carbocycles. The highest BCUT2D eigenvalue weighted by molar-refractivity contribution is 9.10. The Morgan fingerprint density at radius 3 is 2.75 bits per heavy atom. The molecule has 1 aromatic carbocycles. The van der Waals surface area contributed by atoms with Crippen molar-refractivity contribution in [3.63, 3.8) is 0 Å². The van der Waals surface area contributed by atoms with Gasteiger partial charge in [-0.2, -0.15) is 0 Å². The van der Waals surface area contributed by atoms with Crippen LogP contribution in [0.3, 0.4) is 0 Å².